The molecule has 152 valence electrons. The van der Waals surface area contributed by atoms with Gasteiger partial charge in [-0.1, -0.05) is 84.3 Å². The molecule has 0 aromatic heterocycles. The second-order valence-electron chi connectivity index (χ2n) is 6.70. The van der Waals surface area contributed by atoms with Crippen LogP contribution in [0.25, 0.3) is 0 Å². The van der Waals surface area contributed by atoms with E-state index in [1.807, 2.05) is 6.92 Å². The molecule has 1 N–H and O–H groups in total. The minimum absolute atomic E-state index is 0.176. The first kappa shape index (κ1) is 26.6. The van der Waals surface area contributed by atoms with Crippen LogP contribution < -0.4 is 0 Å². The average molecular weight is 369 g/mol. The Morgan fingerprint density at radius 1 is 0.808 bits per heavy atom. The minimum Gasteiger partial charge on any atom is -0.478 e. The molecule has 0 amide bonds. The fourth-order valence-corrected chi connectivity index (χ4v) is 2.34. The first-order valence-electron chi connectivity index (χ1n) is 10.1. The van der Waals surface area contributed by atoms with E-state index in [2.05, 4.69) is 20.1 Å². The van der Waals surface area contributed by atoms with Crippen molar-refractivity contribution in [1.82, 2.24) is 0 Å². The monoisotopic (exact) mass is 368 g/mol. The molecular formula is C22H40O4. The Labute approximate surface area is 160 Å². The molecule has 26 heavy (non-hydrogen) atoms. The van der Waals surface area contributed by atoms with Crippen molar-refractivity contribution in [3.63, 3.8) is 0 Å². The molecule has 0 atom stereocenters. The highest BCUT2D eigenvalue weighted by Crippen LogP contribution is 2.13. The summed E-state index contributed by atoms with van der Waals surface area (Å²) >= 11 is 0. The van der Waals surface area contributed by atoms with Crippen LogP contribution in [-0.2, 0) is 14.3 Å². The highest BCUT2D eigenvalue weighted by Gasteiger charge is 2.06. The molecule has 0 aliphatic rings. The lowest BCUT2D eigenvalue weighted by Crippen LogP contribution is -2.06. The van der Waals surface area contributed by atoms with Crippen molar-refractivity contribution in [2.24, 2.45) is 0 Å². The molecule has 4 nitrogen and oxygen atoms in total. The SMILES string of the molecule is C=C(C)C(=O)O.C=C(CCCCCCCCCCCCC)C(=O)OCC. The van der Waals surface area contributed by atoms with Gasteiger partial charge in [0, 0.05) is 11.1 Å². The number of hydrogen-bond donors (Lipinski definition) is 1. The molecule has 0 saturated carbocycles. The molecule has 0 saturated heterocycles. The highest BCUT2D eigenvalue weighted by molar-refractivity contribution is 5.87. The minimum atomic E-state index is -0.935. The number of ether oxygens (including phenoxy) is 1. The third-order valence-corrected chi connectivity index (χ3v) is 4.01. The van der Waals surface area contributed by atoms with Gasteiger partial charge in [0.1, 0.15) is 0 Å². The van der Waals surface area contributed by atoms with Crippen molar-refractivity contribution in [3.05, 3.63) is 24.3 Å². The van der Waals surface area contributed by atoms with Crippen LogP contribution in [0, 0.1) is 0 Å². The zero-order valence-electron chi connectivity index (χ0n) is 17.3. The fourth-order valence-electron chi connectivity index (χ4n) is 2.34. The van der Waals surface area contributed by atoms with Crippen molar-refractivity contribution in [2.75, 3.05) is 6.61 Å². The van der Waals surface area contributed by atoms with Crippen LogP contribution >= 0.6 is 0 Å². The van der Waals surface area contributed by atoms with Gasteiger partial charge in [-0.15, -0.1) is 0 Å². The molecular weight excluding hydrogens is 328 g/mol. The number of aliphatic carboxylic acids is 1. The Kier molecular flexibility index (Phi) is 20.2. The van der Waals surface area contributed by atoms with Crippen molar-refractivity contribution < 1.29 is 19.4 Å². The number of rotatable bonds is 15. The van der Waals surface area contributed by atoms with Gasteiger partial charge in [0.25, 0.3) is 0 Å². The van der Waals surface area contributed by atoms with Crippen LogP contribution in [-0.4, -0.2) is 23.7 Å². The third kappa shape index (κ3) is 20.5. The maximum Gasteiger partial charge on any atom is 0.333 e. The Morgan fingerprint density at radius 3 is 1.54 bits per heavy atom. The summed E-state index contributed by atoms with van der Waals surface area (Å²) in [5, 5.41) is 7.89. The first-order chi connectivity index (χ1) is 12.4. The number of carbonyl (C=O) groups is 2. The summed E-state index contributed by atoms with van der Waals surface area (Å²) in [5.74, 6) is -1.16. The summed E-state index contributed by atoms with van der Waals surface area (Å²) in [5.41, 5.74) is 0.803. The number of unbranched alkanes of at least 4 members (excludes halogenated alkanes) is 10. The molecule has 0 spiro atoms. The van der Waals surface area contributed by atoms with E-state index in [0.717, 1.165) is 12.8 Å². The van der Waals surface area contributed by atoms with Gasteiger partial charge in [-0.05, 0) is 26.7 Å². The van der Waals surface area contributed by atoms with E-state index in [-0.39, 0.29) is 11.5 Å². The van der Waals surface area contributed by atoms with E-state index in [1.165, 1.54) is 71.1 Å². The van der Waals surface area contributed by atoms with E-state index in [1.54, 1.807) is 0 Å². The Balaban J connectivity index is 0. The average Bonchev–Trinajstić information content (AvgIpc) is 2.60. The van der Waals surface area contributed by atoms with Gasteiger partial charge >= 0.3 is 11.9 Å². The van der Waals surface area contributed by atoms with E-state index in [0.29, 0.717) is 12.2 Å². The van der Waals surface area contributed by atoms with Crippen molar-refractivity contribution in [1.29, 1.82) is 0 Å². The van der Waals surface area contributed by atoms with Gasteiger partial charge in [-0.3, -0.25) is 0 Å². The second-order valence-corrected chi connectivity index (χ2v) is 6.70. The lowest BCUT2D eigenvalue weighted by atomic mass is 10.0. The predicted octanol–water partition coefficient (Wildman–Crippen LogP) is 6.45. The van der Waals surface area contributed by atoms with Gasteiger partial charge in [0.2, 0.25) is 0 Å². The summed E-state index contributed by atoms with van der Waals surface area (Å²) in [6.45, 7) is 12.9. The van der Waals surface area contributed by atoms with Gasteiger partial charge < -0.3 is 9.84 Å². The molecule has 0 heterocycles. The summed E-state index contributed by atoms with van der Waals surface area (Å²) < 4.78 is 4.92. The number of carbonyl (C=O) groups excluding carboxylic acids is 1. The number of hydrogen-bond acceptors (Lipinski definition) is 3. The molecule has 0 bridgehead atoms. The standard InChI is InChI=1S/C18H34O2.C4H6O2/c1-4-6-7-8-9-10-11-12-13-14-15-16-17(3)18(19)20-5-2;1-3(2)4(5)6/h3-16H2,1-2H3;1H2,2H3,(H,5,6). The lowest BCUT2D eigenvalue weighted by Gasteiger charge is -2.05. The van der Waals surface area contributed by atoms with E-state index < -0.39 is 5.97 Å². The first-order valence-corrected chi connectivity index (χ1v) is 10.1. The van der Waals surface area contributed by atoms with E-state index in [4.69, 9.17) is 9.84 Å². The maximum atomic E-state index is 11.3. The molecule has 4 heteroatoms. The Bertz CT molecular complexity index is 387. The Morgan fingerprint density at radius 2 is 1.19 bits per heavy atom. The van der Waals surface area contributed by atoms with Crippen LogP contribution in [0.4, 0.5) is 0 Å². The number of esters is 1. The van der Waals surface area contributed by atoms with Gasteiger partial charge in [-0.25, -0.2) is 9.59 Å². The molecule has 0 fully saturated rings. The molecule has 0 aliphatic carbocycles. The normalized spacial score (nSPS) is 9.81. The smallest absolute Gasteiger partial charge is 0.333 e. The van der Waals surface area contributed by atoms with Crippen molar-refractivity contribution in [2.45, 2.75) is 97.8 Å². The summed E-state index contributed by atoms with van der Waals surface area (Å²) in [4.78, 5) is 20.9. The van der Waals surface area contributed by atoms with Gasteiger partial charge in [0.05, 0.1) is 6.61 Å². The second kappa shape index (κ2) is 19.7. The van der Waals surface area contributed by atoms with E-state index >= 15 is 0 Å². The molecule has 0 aromatic carbocycles. The molecule has 0 radical (unpaired) electrons. The van der Waals surface area contributed by atoms with Crippen LogP contribution in [0.3, 0.4) is 0 Å². The van der Waals surface area contributed by atoms with Gasteiger partial charge in [-0.2, -0.15) is 0 Å². The Hall–Kier alpha value is -1.58. The van der Waals surface area contributed by atoms with Crippen LogP contribution in [0.1, 0.15) is 97.8 Å². The highest BCUT2D eigenvalue weighted by atomic mass is 16.5. The van der Waals surface area contributed by atoms with Crippen LogP contribution in [0.15, 0.2) is 24.3 Å². The third-order valence-electron chi connectivity index (χ3n) is 4.01. The van der Waals surface area contributed by atoms with Crippen LogP contribution in [0.2, 0.25) is 0 Å². The quantitative estimate of drug-likeness (QED) is 0.205. The molecule has 0 unspecified atom stereocenters. The summed E-state index contributed by atoms with van der Waals surface area (Å²) in [6, 6.07) is 0. The zero-order valence-corrected chi connectivity index (χ0v) is 17.3. The van der Waals surface area contributed by atoms with Crippen LogP contribution in [0.5, 0.6) is 0 Å². The van der Waals surface area contributed by atoms with E-state index in [9.17, 15) is 9.59 Å². The molecule has 0 aromatic rings. The number of carboxylic acids is 1. The lowest BCUT2D eigenvalue weighted by molar-refractivity contribution is -0.138. The molecule has 0 rings (SSSR count). The predicted molar refractivity (Wildman–Crippen MR) is 109 cm³/mol. The zero-order chi connectivity index (χ0) is 20.2. The fraction of sp³-hybridized carbons (Fsp3) is 0.727. The van der Waals surface area contributed by atoms with Crippen molar-refractivity contribution >= 4 is 11.9 Å². The van der Waals surface area contributed by atoms with Gasteiger partial charge in [0.15, 0.2) is 0 Å². The summed E-state index contributed by atoms with van der Waals surface area (Å²) in [7, 11) is 0. The number of carboxylic acid groups (broad SMARTS) is 1. The topological polar surface area (TPSA) is 63.6 Å². The largest absolute Gasteiger partial charge is 0.478 e. The van der Waals surface area contributed by atoms with Crippen molar-refractivity contribution in [3.8, 4) is 0 Å². The summed E-state index contributed by atoms with van der Waals surface area (Å²) in [6.07, 6.45) is 15.4. The molecule has 0 aliphatic heterocycles. The maximum absolute atomic E-state index is 11.3.